The summed E-state index contributed by atoms with van der Waals surface area (Å²) in [6, 6.07) is 7.00. The van der Waals surface area contributed by atoms with E-state index in [1.54, 1.807) is 32.4 Å². The van der Waals surface area contributed by atoms with Crippen molar-refractivity contribution >= 4 is 27.4 Å². The number of hydrogen-bond donors (Lipinski definition) is 1. The molecule has 102 valence electrons. The molecule has 3 rings (SSSR count). The highest BCUT2D eigenvalue weighted by atomic mass is 32.1. The number of ether oxygens (including phenoxy) is 1. The van der Waals surface area contributed by atoms with Crippen molar-refractivity contribution in [2.24, 2.45) is 0 Å². The maximum absolute atomic E-state index is 12.0. The van der Waals surface area contributed by atoms with Crippen molar-refractivity contribution in [2.75, 3.05) is 19.5 Å². The summed E-state index contributed by atoms with van der Waals surface area (Å²) in [6.45, 7) is 0. The fraction of sp³-hybridized carbons (Fsp3) is 0.154. The molecule has 0 aliphatic heterocycles. The van der Waals surface area contributed by atoms with Crippen LogP contribution in [0.25, 0.3) is 21.5 Å². The zero-order chi connectivity index (χ0) is 14.1. The highest BCUT2D eigenvalue weighted by Gasteiger charge is 2.13. The van der Waals surface area contributed by atoms with Crippen LogP contribution < -0.4 is 15.7 Å². The molecule has 7 heteroatoms. The number of rotatable bonds is 3. The van der Waals surface area contributed by atoms with Gasteiger partial charge < -0.3 is 14.5 Å². The van der Waals surface area contributed by atoms with E-state index in [2.05, 4.69) is 15.5 Å². The highest BCUT2D eigenvalue weighted by Crippen LogP contribution is 2.27. The van der Waals surface area contributed by atoms with Crippen molar-refractivity contribution in [2.45, 2.75) is 0 Å². The van der Waals surface area contributed by atoms with E-state index in [0.29, 0.717) is 27.0 Å². The minimum Gasteiger partial charge on any atom is -0.497 e. The molecule has 0 amide bonds. The Balaban J connectivity index is 2.19. The van der Waals surface area contributed by atoms with Gasteiger partial charge in [-0.25, -0.2) is 4.79 Å². The van der Waals surface area contributed by atoms with Crippen LogP contribution in [0.1, 0.15) is 0 Å². The third-order valence-electron chi connectivity index (χ3n) is 2.81. The van der Waals surface area contributed by atoms with Gasteiger partial charge in [0.15, 0.2) is 5.01 Å². The lowest BCUT2D eigenvalue weighted by molar-refractivity contribution is 0.415. The van der Waals surface area contributed by atoms with Crippen molar-refractivity contribution in [3.8, 4) is 16.3 Å². The van der Waals surface area contributed by atoms with Crippen LogP contribution in [0, 0.1) is 0 Å². The second-order valence-electron chi connectivity index (χ2n) is 4.01. The summed E-state index contributed by atoms with van der Waals surface area (Å²) in [5.74, 6) is 0.700. The largest absolute Gasteiger partial charge is 0.497 e. The molecule has 2 heterocycles. The number of benzene rings is 1. The zero-order valence-corrected chi connectivity index (χ0v) is 11.7. The van der Waals surface area contributed by atoms with E-state index in [1.807, 2.05) is 6.07 Å². The molecule has 0 aliphatic carbocycles. The smallest absolute Gasteiger partial charge is 0.346 e. The third-order valence-corrected chi connectivity index (χ3v) is 3.78. The van der Waals surface area contributed by atoms with Crippen LogP contribution in [-0.4, -0.2) is 24.4 Å². The van der Waals surface area contributed by atoms with Crippen LogP contribution in [0.2, 0.25) is 0 Å². The number of fused-ring (bicyclic) bond motifs is 1. The molecule has 0 aliphatic rings. The summed E-state index contributed by atoms with van der Waals surface area (Å²) in [5.41, 5.74) is 0.476. The van der Waals surface area contributed by atoms with E-state index < -0.39 is 5.63 Å². The average molecular weight is 289 g/mol. The van der Waals surface area contributed by atoms with Gasteiger partial charge in [-0.15, -0.1) is 10.2 Å². The van der Waals surface area contributed by atoms with E-state index in [-0.39, 0.29) is 0 Å². The second-order valence-corrected chi connectivity index (χ2v) is 4.99. The Bertz CT molecular complexity index is 825. The van der Waals surface area contributed by atoms with E-state index in [0.717, 1.165) is 5.39 Å². The molecule has 1 N–H and O–H groups in total. The Labute approximate surface area is 118 Å². The summed E-state index contributed by atoms with van der Waals surface area (Å²) in [6.07, 6.45) is 0. The molecule has 2 aromatic heterocycles. The maximum atomic E-state index is 12.0. The normalized spacial score (nSPS) is 10.7. The number of aromatic nitrogens is 2. The van der Waals surface area contributed by atoms with Crippen molar-refractivity contribution in [3.63, 3.8) is 0 Å². The summed E-state index contributed by atoms with van der Waals surface area (Å²) in [5, 5.41) is 12.7. The Kier molecular flexibility index (Phi) is 3.11. The summed E-state index contributed by atoms with van der Waals surface area (Å²) < 4.78 is 10.5. The van der Waals surface area contributed by atoms with Gasteiger partial charge in [0, 0.05) is 12.4 Å². The lowest BCUT2D eigenvalue weighted by Gasteiger charge is -2.02. The maximum Gasteiger partial charge on any atom is 0.346 e. The molecule has 20 heavy (non-hydrogen) atoms. The number of methoxy groups -OCH3 is 1. The summed E-state index contributed by atoms with van der Waals surface area (Å²) in [7, 11) is 3.34. The number of nitrogens with one attached hydrogen (secondary N) is 1. The molecule has 0 unspecified atom stereocenters. The average Bonchev–Trinajstić information content (AvgIpc) is 2.94. The molecule has 0 saturated carbocycles. The number of anilines is 1. The van der Waals surface area contributed by atoms with Crippen molar-refractivity contribution < 1.29 is 9.15 Å². The molecule has 0 spiro atoms. The molecule has 0 radical (unpaired) electrons. The van der Waals surface area contributed by atoms with Gasteiger partial charge in [0.2, 0.25) is 5.13 Å². The van der Waals surface area contributed by atoms with Gasteiger partial charge in [-0.05, 0) is 24.3 Å². The quantitative estimate of drug-likeness (QED) is 0.746. The first-order chi connectivity index (χ1) is 9.71. The van der Waals surface area contributed by atoms with Crippen molar-refractivity contribution in [1.29, 1.82) is 0 Å². The van der Waals surface area contributed by atoms with Gasteiger partial charge in [0.05, 0.1) is 12.7 Å². The summed E-state index contributed by atoms with van der Waals surface area (Å²) in [4.78, 5) is 12.0. The SMILES string of the molecule is CNc1nnc(-c2cc3cc(OC)ccc3oc2=O)s1. The van der Waals surface area contributed by atoms with Gasteiger partial charge in [-0.1, -0.05) is 11.3 Å². The van der Waals surface area contributed by atoms with Gasteiger partial charge in [-0.2, -0.15) is 0 Å². The lowest BCUT2D eigenvalue weighted by Crippen LogP contribution is -2.02. The molecule has 1 aromatic carbocycles. The lowest BCUT2D eigenvalue weighted by atomic mass is 10.2. The van der Waals surface area contributed by atoms with Gasteiger partial charge in [-0.3, -0.25) is 0 Å². The van der Waals surface area contributed by atoms with Crippen LogP contribution in [0.3, 0.4) is 0 Å². The van der Waals surface area contributed by atoms with E-state index >= 15 is 0 Å². The number of hydrogen-bond acceptors (Lipinski definition) is 7. The Hall–Kier alpha value is -2.41. The third kappa shape index (κ3) is 2.12. The van der Waals surface area contributed by atoms with Gasteiger partial charge >= 0.3 is 5.63 Å². The molecule has 6 nitrogen and oxygen atoms in total. The molecule has 0 atom stereocenters. The molecule has 0 saturated heterocycles. The molecule has 0 bridgehead atoms. The van der Waals surface area contributed by atoms with E-state index in [9.17, 15) is 4.79 Å². The fourth-order valence-electron chi connectivity index (χ4n) is 1.81. The zero-order valence-electron chi connectivity index (χ0n) is 10.8. The van der Waals surface area contributed by atoms with Crippen LogP contribution in [0.15, 0.2) is 33.5 Å². The topological polar surface area (TPSA) is 77.2 Å². The van der Waals surface area contributed by atoms with Crippen molar-refractivity contribution in [3.05, 3.63) is 34.7 Å². The monoisotopic (exact) mass is 289 g/mol. The molecular weight excluding hydrogens is 278 g/mol. The fourth-order valence-corrected chi connectivity index (χ4v) is 2.51. The minimum atomic E-state index is -0.429. The van der Waals surface area contributed by atoms with Crippen LogP contribution in [-0.2, 0) is 0 Å². The highest BCUT2D eigenvalue weighted by molar-refractivity contribution is 7.18. The first-order valence-electron chi connectivity index (χ1n) is 5.85. The van der Waals surface area contributed by atoms with Gasteiger partial charge in [0.25, 0.3) is 0 Å². The van der Waals surface area contributed by atoms with E-state index in [1.165, 1.54) is 11.3 Å². The number of nitrogens with zero attached hydrogens (tertiary/aromatic N) is 2. The first kappa shape index (κ1) is 12.6. The van der Waals surface area contributed by atoms with Crippen LogP contribution in [0.4, 0.5) is 5.13 Å². The summed E-state index contributed by atoms with van der Waals surface area (Å²) >= 11 is 1.29. The molecular formula is C13H11N3O3S. The first-order valence-corrected chi connectivity index (χ1v) is 6.66. The predicted molar refractivity (Wildman–Crippen MR) is 77.5 cm³/mol. The van der Waals surface area contributed by atoms with Crippen LogP contribution >= 0.6 is 11.3 Å². The predicted octanol–water partition coefficient (Wildman–Crippen LogP) is 2.36. The second kappa shape index (κ2) is 4.93. The van der Waals surface area contributed by atoms with E-state index in [4.69, 9.17) is 9.15 Å². The Morgan fingerprint density at radius 2 is 2.15 bits per heavy atom. The minimum absolute atomic E-state index is 0.393. The molecule has 3 aromatic rings. The molecule has 0 fully saturated rings. The Morgan fingerprint density at radius 3 is 2.85 bits per heavy atom. The van der Waals surface area contributed by atoms with Crippen molar-refractivity contribution in [1.82, 2.24) is 10.2 Å². The van der Waals surface area contributed by atoms with Gasteiger partial charge in [0.1, 0.15) is 11.3 Å². The van der Waals surface area contributed by atoms with Crippen LogP contribution in [0.5, 0.6) is 5.75 Å². The Morgan fingerprint density at radius 1 is 1.30 bits per heavy atom. The standard InChI is InChI=1S/C13H11N3O3S/c1-14-13-16-15-11(20-13)9-6-7-5-8(18-2)3-4-10(7)19-12(9)17/h3-6H,1-2H3,(H,14,16).